The van der Waals surface area contributed by atoms with E-state index < -0.39 is 0 Å². The highest BCUT2D eigenvalue weighted by atomic mass is 35.5. The third-order valence-electron chi connectivity index (χ3n) is 3.79. The lowest BCUT2D eigenvalue weighted by atomic mass is 9.85. The fraction of sp³-hybridized carbons (Fsp3) is 0.667. The zero-order valence-electron chi connectivity index (χ0n) is 12.1. The highest BCUT2D eigenvalue weighted by molar-refractivity contribution is 7.17. The van der Waals surface area contributed by atoms with Crippen molar-refractivity contribution < 1.29 is 4.79 Å². The molecular formula is C15H23ClN2OS. The molecule has 5 heteroatoms. The molecule has 1 unspecified atom stereocenters. The van der Waals surface area contributed by atoms with E-state index in [4.69, 9.17) is 11.6 Å². The molecule has 1 amide bonds. The average Bonchev–Trinajstić information content (AvgIpc) is 2.85. The Morgan fingerprint density at radius 2 is 2.15 bits per heavy atom. The standard InChI is InChI=1S/C15H23ClN2OS/c1-10(2)9-12(11-5-7-17-8-6-11)18-15(19)13-3-4-14(16)20-13/h3-4,10-12,17H,5-9H2,1-2H3,(H,18,19). The van der Waals surface area contributed by atoms with Crippen LogP contribution in [0.3, 0.4) is 0 Å². The second-order valence-electron chi connectivity index (χ2n) is 5.90. The van der Waals surface area contributed by atoms with Gasteiger partial charge in [-0.3, -0.25) is 4.79 Å². The Hall–Kier alpha value is -0.580. The van der Waals surface area contributed by atoms with Crippen molar-refractivity contribution in [2.24, 2.45) is 11.8 Å². The third kappa shape index (κ3) is 4.47. The van der Waals surface area contributed by atoms with Gasteiger partial charge in [0, 0.05) is 6.04 Å². The van der Waals surface area contributed by atoms with Gasteiger partial charge < -0.3 is 10.6 Å². The number of rotatable bonds is 5. The largest absolute Gasteiger partial charge is 0.348 e. The number of carbonyl (C=O) groups is 1. The second-order valence-corrected chi connectivity index (χ2v) is 7.62. The molecule has 2 rings (SSSR count). The summed E-state index contributed by atoms with van der Waals surface area (Å²) in [7, 11) is 0. The molecule has 2 N–H and O–H groups in total. The number of carbonyl (C=O) groups excluding carboxylic acids is 1. The van der Waals surface area contributed by atoms with Crippen LogP contribution in [0.4, 0.5) is 0 Å². The van der Waals surface area contributed by atoms with E-state index >= 15 is 0 Å². The third-order valence-corrected chi connectivity index (χ3v) is 5.02. The molecule has 0 bridgehead atoms. The van der Waals surface area contributed by atoms with E-state index in [1.807, 2.05) is 0 Å². The van der Waals surface area contributed by atoms with Crippen LogP contribution < -0.4 is 10.6 Å². The highest BCUT2D eigenvalue weighted by Gasteiger charge is 2.26. The van der Waals surface area contributed by atoms with Gasteiger partial charge in [-0.05, 0) is 56.3 Å². The topological polar surface area (TPSA) is 41.1 Å². The maximum atomic E-state index is 12.3. The summed E-state index contributed by atoms with van der Waals surface area (Å²) in [6.45, 7) is 6.53. The molecule has 0 radical (unpaired) electrons. The summed E-state index contributed by atoms with van der Waals surface area (Å²) in [5.41, 5.74) is 0. The van der Waals surface area contributed by atoms with Crippen LogP contribution >= 0.6 is 22.9 Å². The predicted molar refractivity (Wildman–Crippen MR) is 85.6 cm³/mol. The molecule has 3 nitrogen and oxygen atoms in total. The van der Waals surface area contributed by atoms with Crippen LogP contribution in [0.15, 0.2) is 12.1 Å². The predicted octanol–water partition coefficient (Wildman–Crippen LogP) is 3.55. The van der Waals surface area contributed by atoms with E-state index in [0.717, 1.165) is 32.4 Å². The molecule has 1 aliphatic heterocycles. The van der Waals surface area contributed by atoms with Gasteiger partial charge in [-0.2, -0.15) is 0 Å². The van der Waals surface area contributed by atoms with Crippen LogP contribution in [0.25, 0.3) is 0 Å². The van der Waals surface area contributed by atoms with Crippen LogP contribution in [-0.2, 0) is 0 Å². The van der Waals surface area contributed by atoms with E-state index in [2.05, 4.69) is 24.5 Å². The first-order valence-corrected chi connectivity index (χ1v) is 8.52. The minimum Gasteiger partial charge on any atom is -0.348 e. The fourth-order valence-electron chi connectivity index (χ4n) is 2.80. The van der Waals surface area contributed by atoms with Gasteiger partial charge in [-0.1, -0.05) is 25.4 Å². The summed E-state index contributed by atoms with van der Waals surface area (Å²) in [6, 6.07) is 3.85. The molecule has 1 aromatic rings. The molecule has 0 aromatic carbocycles. The van der Waals surface area contributed by atoms with E-state index in [9.17, 15) is 4.79 Å². The average molecular weight is 315 g/mol. The van der Waals surface area contributed by atoms with Crippen LogP contribution in [0, 0.1) is 11.8 Å². The molecule has 0 spiro atoms. The molecule has 0 aliphatic carbocycles. The molecular weight excluding hydrogens is 292 g/mol. The lowest BCUT2D eigenvalue weighted by molar-refractivity contribution is 0.0910. The number of piperidine rings is 1. The molecule has 20 heavy (non-hydrogen) atoms. The maximum Gasteiger partial charge on any atom is 0.261 e. The number of nitrogens with one attached hydrogen (secondary N) is 2. The Balaban J connectivity index is 2.00. The van der Waals surface area contributed by atoms with Crippen molar-refractivity contribution in [3.63, 3.8) is 0 Å². The van der Waals surface area contributed by atoms with Crippen molar-refractivity contribution in [1.82, 2.24) is 10.6 Å². The Morgan fingerprint density at radius 3 is 2.70 bits per heavy atom. The SMILES string of the molecule is CC(C)CC(NC(=O)c1ccc(Cl)s1)C1CCNCC1. The number of amides is 1. The summed E-state index contributed by atoms with van der Waals surface area (Å²) in [4.78, 5) is 13.0. The summed E-state index contributed by atoms with van der Waals surface area (Å²) >= 11 is 7.25. The van der Waals surface area contributed by atoms with Gasteiger partial charge in [0.15, 0.2) is 0 Å². The van der Waals surface area contributed by atoms with Crippen molar-refractivity contribution in [3.05, 3.63) is 21.3 Å². The van der Waals surface area contributed by atoms with Crippen molar-refractivity contribution in [2.45, 2.75) is 39.2 Å². The number of thiophene rings is 1. The minimum atomic E-state index is 0.0195. The number of halogens is 1. The first kappa shape index (κ1) is 15.8. The number of hydrogen-bond donors (Lipinski definition) is 2. The van der Waals surface area contributed by atoms with Crippen molar-refractivity contribution in [1.29, 1.82) is 0 Å². The monoisotopic (exact) mass is 314 g/mol. The summed E-state index contributed by atoms with van der Waals surface area (Å²) in [5, 5.41) is 6.62. The van der Waals surface area contributed by atoms with Crippen molar-refractivity contribution in [3.8, 4) is 0 Å². The van der Waals surface area contributed by atoms with Crippen molar-refractivity contribution in [2.75, 3.05) is 13.1 Å². The van der Waals surface area contributed by atoms with E-state index in [-0.39, 0.29) is 11.9 Å². The zero-order chi connectivity index (χ0) is 14.5. The molecule has 1 saturated heterocycles. The molecule has 1 aromatic heterocycles. The number of hydrogen-bond acceptors (Lipinski definition) is 3. The van der Waals surface area contributed by atoms with Crippen LogP contribution in [-0.4, -0.2) is 25.0 Å². The molecule has 1 atom stereocenters. The van der Waals surface area contributed by atoms with Gasteiger partial charge in [0.1, 0.15) is 0 Å². The fourth-order valence-corrected chi connectivity index (χ4v) is 3.75. The Bertz CT molecular complexity index is 441. The summed E-state index contributed by atoms with van der Waals surface area (Å²) in [6.07, 6.45) is 3.32. The smallest absolute Gasteiger partial charge is 0.261 e. The normalized spacial score (nSPS) is 18.2. The van der Waals surface area contributed by atoms with Gasteiger partial charge in [-0.15, -0.1) is 11.3 Å². The molecule has 2 heterocycles. The van der Waals surface area contributed by atoms with Crippen LogP contribution in [0.5, 0.6) is 0 Å². The second kappa shape index (κ2) is 7.43. The Labute approximate surface area is 130 Å². The van der Waals surface area contributed by atoms with Gasteiger partial charge in [0.25, 0.3) is 5.91 Å². The molecule has 1 fully saturated rings. The molecule has 1 aliphatic rings. The Kier molecular flexibility index (Phi) is 5.87. The van der Waals surface area contributed by atoms with E-state index in [1.54, 1.807) is 12.1 Å². The van der Waals surface area contributed by atoms with Crippen LogP contribution in [0.2, 0.25) is 4.34 Å². The molecule has 0 saturated carbocycles. The van der Waals surface area contributed by atoms with E-state index in [0.29, 0.717) is 21.0 Å². The van der Waals surface area contributed by atoms with Gasteiger partial charge in [-0.25, -0.2) is 0 Å². The highest BCUT2D eigenvalue weighted by Crippen LogP contribution is 2.24. The zero-order valence-corrected chi connectivity index (χ0v) is 13.7. The van der Waals surface area contributed by atoms with Gasteiger partial charge in [0.2, 0.25) is 0 Å². The lowest BCUT2D eigenvalue weighted by Gasteiger charge is -2.32. The van der Waals surface area contributed by atoms with E-state index in [1.165, 1.54) is 11.3 Å². The Morgan fingerprint density at radius 1 is 1.45 bits per heavy atom. The van der Waals surface area contributed by atoms with Crippen molar-refractivity contribution >= 4 is 28.8 Å². The quantitative estimate of drug-likeness (QED) is 0.872. The first-order chi connectivity index (χ1) is 9.56. The van der Waals surface area contributed by atoms with Gasteiger partial charge in [0.05, 0.1) is 9.21 Å². The maximum absolute atomic E-state index is 12.3. The van der Waals surface area contributed by atoms with Gasteiger partial charge >= 0.3 is 0 Å². The van der Waals surface area contributed by atoms with Crippen LogP contribution in [0.1, 0.15) is 42.8 Å². The summed E-state index contributed by atoms with van der Waals surface area (Å²) in [5.74, 6) is 1.19. The minimum absolute atomic E-state index is 0.0195. The summed E-state index contributed by atoms with van der Waals surface area (Å²) < 4.78 is 0.664. The molecule has 112 valence electrons. The lowest BCUT2D eigenvalue weighted by Crippen LogP contribution is -2.44. The first-order valence-electron chi connectivity index (χ1n) is 7.33.